The Labute approximate surface area is 493 Å². The molecule has 37 heteroatoms. The number of nitrogens with zero attached hydrogens (tertiary/aromatic N) is 3. The highest BCUT2D eigenvalue weighted by Gasteiger charge is 2.40. The predicted molar refractivity (Wildman–Crippen MR) is 302 cm³/mol. The highest BCUT2D eigenvalue weighted by atomic mass is 32.1. The molecule has 0 spiro atoms. The van der Waals surface area contributed by atoms with Gasteiger partial charge in [0.25, 0.3) is 0 Å². The summed E-state index contributed by atoms with van der Waals surface area (Å²) in [5, 5.41) is 292. The van der Waals surface area contributed by atoms with Gasteiger partial charge in [-0.3, -0.25) is 9.78 Å². The maximum atomic E-state index is 12.6. The number of phenolic OH excluding ortho intramolecular Hbond substituents is 26. The first-order valence-electron chi connectivity index (χ1n) is 23.6. The summed E-state index contributed by atoms with van der Waals surface area (Å²) < 4.78 is -1.58. The molecule has 11 rings (SSSR count). The van der Waals surface area contributed by atoms with Crippen molar-refractivity contribution in [3.63, 3.8) is 0 Å². The molecule has 0 amide bonds. The minimum absolute atomic E-state index is 0.109. The van der Waals surface area contributed by atoms with Crippen molar-refractivity contribution < 1.29 is 143 Å². The quantitative estimate of drug-likeness (QED) is 0.0474. The molecule has 1 aliphatic rings. The summed E-state index contributed by atoms with van der Waals surface area (Å²) in [7, 11) is 31.9. The maximum absolute atomic E-state index is 12.6. The third kappa shape index (κ3) is 7.20. The summed E-state index contributed by atoms with van der Waals surface area (Å²) in [5.74, 6) is -47.4. The lowest BCUT2D eigenvalue weighted by atomic mass is 9.73. The molecule has 0 fully saturated rings. The van der Waals surface area contributed by atoms with Crippen LogP contribution in [0.15, 0.2) is 0 Å². The Morgan fingerprint density at radius 1 is 0.205 bits per heavy atom. The van der Waals surface area contributed by atoms with E-state index < -0.39 is 287 Å². The molecule has 0 atom stereocenters. The SMILES string of the molecule is [B]c1c2c(O)c(c([B])c1-c1c(O)c(O)c(O)c(O)c1O)-c1nc(-c3c(O)c(O)c(O)c(O)c3O)nc(n1)-c1c(O)c(O)c(O)c3c1sc1c(c(O)c(O)c(O)c13)-c1c(O)c(c([B])c(-c3c(O)c([B])c(-c4c([B])c(O)c(O)c(O)c4O)c(O)c3O)c1O)OO2. The van der Waals surface area contributed by atoms with Gasteiger partial charge in [0, 0.05) is 16.7 Å². The smallest absolute Gasteiger partial charge is 0.214 e. The highest BCUT2D eigenvalue weighted by molar-refractivity contribution is 7.27. The molecule has 88 heavy (non-hydrogen) atoms. The van der Waals surface area contributed by atoms with E-state index >= 15 is 0 Å². The molecule has 1 aliphatic heterocycles. The summed E-state index contributed by atoms with van der Waals surface area (Å²) in [5.41, 5.74) is -19.7. The van der Waals surface area contributed by atoms with Crippen molar-refractivity contribution in [1.29, 1.82) is 0 Å². The zero-order valence-electron chi connectivity index (χ0n) is 42.6. The molecule has 0 unspecified atom stereocenters. The van der Waals surface area contributed by atoms with Gasteiger partial charge in [0.1, 0.15) is 56.3 Å². The number of hydrogen-bond acceptors (Lipinski definition) is 32. The second-order valence-corrected chi connectivity index (χ2v) is 19.9. The average Bonchev–Trinajstić information content (AvgIpc) is 1.66. The number of aromatic hydroxyl groups is 26. The number of aromatic nitrogens is 3. The van der Waals surface area contributed by atoms with Crippen molar-refractivity contribution in [3.05, 3.63) is 0 Å². The van der Waals surface area contributed by atoms with Crippen molar-refractivity contribution in [2.24, 2.45) is 0 Å². The van der Waals surface area contributed by atoms with Crippen molar-refractivity contribution in [2.75, 3.05) is 0 Å². The minimum Gasteiger partial charge on any atom is -0.508 e. The first-order valence-corrected chi connectivity index (χ1v) is 24.4. The first kappa shape index (κ1) is 57.5. The van der Waals surface area contributed by atoms with Crippen LogP contribution in [-0.4, -0.2) is 187 Å². The van der Waals surface area contributed by atoms with Gasteiger partial charge in [-0.2, -0.15) is 0 Å². The van der Waals surface area contributed by atoms with E-state index in [0.717, 1.165) is 0 Å². The molecule has 3 heterocycles. The van der Waals surface area contributed by atoms with Crippen LogP contribution in [0, 0.1) is 0 Å². The number of hydrogen-bond donors (Lipinski definition) is 26. The van der Waals surface area contributed by atoms with Crippen LogP contribution in [0.1, 0.15) is 0 Å². The Balaban J connectivity index is 1.38. The maximum Gasteiger partial charge on any atom is 0.214 e. The number of phenols is 26. The van der Waals surface area contributed by atoms with Crippen molar-refractivity contribution in [3.8, 4) is 240 Å². The fourth-order valence-electron chi connectivity index (χ4n) is 10.0. The van der Waals surface area contributed by atoms with Gasteiger partial charge in [-0.15, -0.1) is 11.3 Å². The fourth-order valence-corrected chi connectivity index (χ4v) is 11.4. The zero-order valence-corrected chi connectivity index (χ0v) is 43.4. The molecular formula is C51H26B5N3O28S. The van der Waals surface area contributed by atoms with Crippen LogP contribution >= 0.6 is 11.3 Å². The van der Waals surface area contributed by atoms with Gasteiger partial charge in [-0.1, -0.05) is 5.46 Å². The van der Waals surface area contributed by atoms with Crippen LogP contribution in [0.3, 0.4) is 0 Å². The van der Waals surface area contributed by atoms with Crippen LogP contribution in [0.25, 0.3) is 98.8 Å². The summed E-state index contributed by atoms with van der Waals surface area (Å²) in [6, 6.07) is 0. The van der Waals surface area contributed by atoms with Gasteiger partial charge in [0.15, 0.2) is 98.0 Å². The summed E-state index contributed by atoms with van der Waals surface area (Å²) >= 11 is 0.109. The van der Waals surface area contributed by atoms with Gasteiger partial charge >= 0.3 is 0 Å². The van der Waals surface area contributed by atoms with Crippen LogP contribution in [0.4, 0.5) is 0 Å². The zero-order chi connectivity index (χ0) is 64.7. The van der Waals surface area contributed by atoms with E-state index in [1.807, 2.05) is 0 Å². The minimum atomic E-state index is -1.70. The van der Waals surface area contributed by atoms with E-state index in [2.05, 4.69) is 15.0 Å². The van der Waals surface area contributed by atoms with Crippen molar-refractivity contribution in [2.45, 2.75) is 0 Å². The molecule has 26 N–H and O–H groups in total. The van der Waals surface area contributed by atoms with Crippen LogP contribution in [0.2, 0.25) is 0 Å². The van der Waals surface area contributed by atoms with E-state index in [-0.39, 0.29) is 11.3 Å². The van der Waals surface area contributed by atoms with Gasteiger partial charge in [0.2, 0.25) is 69.0 Å². The van der Waals surface area contributed by atoms with Gasteiger partial charge in [-0.25, -0.2) is 15.0 Å². The number of benzene rings is 8. The number of rotatable bonds is 4. The molecule has 434 valence electrons. The molecular weight excluding hydrogens is 1190 g/mol. The second kappa shape index (κ2) is 18.9. The monoisotopic (exact) mass is 1220 g/mol. The lowest BCUT2D eigenvalue weighted by Crippen LogP contribution is -2.26. The molecule has 8 bridgehead atoms. The molecule has 0 aliphatic carbocycles. The Morgan fingerprint density at radius 3 is 0.955 bits per heavy atom. The molecule has 8 aromatic carbocycles. The fraction of sp³-hybridized carbons (Fsp3) is 0. The topological polar surface area (TPSA) is 583 Å². The van der Waals surface area contributed by atoms with Crippen LogP contribution in [0.5, 0.6) is 161 Å². The third-order valence-electron chi connectivity index (χ3n) is 14.3. The molecule has 2 aromatic heterocycles. The summed E-state index contributed by atoms with van der Waals surface area (Å²) in [6.07, 6.45) is 0. The second-order valence-electron chi connectivity index (χ2n) is 18.9. The van der Waals surface area contributed by atoms with Gasteiger partial charge in [-0.05, 0) is 27.4 Å². The predicted octanol–water partition coefficient (Wildman–Crippen LogP) is -0.0907. The number of thiophene rings is 1. The van der Waals surface area contributed by atoms with Crippen molar-refractivity contribution in [1.82, 2.24) is 15.0 Å². The van der Waals surface area contributed by atoms with Crippen LogP contribution < -0.4 is 37.1 Å². The van der Waals surface area contributed by atoms with E-state index in [9.17, 15) is 133 Å². The standard InChI is InChI=1S/C51H26B5N3O28S/c52-14-1(5-24(65)38(79)43(84)39(80)25(5)66)17(55)45-33(74)11(14)49-57-50(12-29(70)40(81)44(85)41(82)30(12)71)59-51(58-49)13-31(72)36(77)28(69)10-9-27(68)35(76)26(67)8(47(9)88-48(10)13)7-19(60)4(18(56)46(32(7)73)87-86-45)6-20(61)15(53)2(21(62)23(6)64)3-16(54)34(75)42(83)37(78)22(3)63/h60-85H. The average molecular weight is 1210 g/mol. The highest BCUT2D eigenvalue weighted by Crippen LogP contribution is 2.65. The molecule has 10 radical (unpaired) electrons. The van der Waals surface area contributed by atoms with E-state index in [1.54, 1.807) is 0 Å². The molecule has 31 nitrogen and oxygen atoms in total. The normalized spacial score (nSPS) is 11.9. The Kier molecular flexibility index (Phi) is 12.3. The third-order valence-corrected chi connectivity index (χ3v) is 15.5. The van der Waals surface area contributed by atoms with Crippen molar-refractivity contribution >= 4 is 98.1 Å². The Hall–Kier alpha value is -12.3. The lowest BCUT2D eigenvalue weighted by Gasteiger charge is -2.25. The summed E-state index contributed by atoms with van der Waals surface area (Å²) in [4.78, 5) is 23.4. The van der Waals surface area contributed by atoms with Gasteiger partial charge < -0.3 is 133 Å². The largest absolute Gasteiger partial charge is 0.508 e. The molecule has 0 saturated carbocycles. The summed E-state index contributed by atoms with van der Waals surface area (Å²) in [6.45, 7) is 0. The Morgan fingerprint density at radius 2 is 0.477 bits per heavy atom. The van der Waals surface area contributed by atoms with E-state index in [0.29, 0.717) is 0 Å². The lowest BCUT2D eigenvalue weighted by molar-refractivity contribution is -0.101. The van der Waals surface area contributed by atoms with Crippen LogP contribution in [-0.2, 0) is 0 Å². The van der Waals surface area contributed by atoms with E-state index in [4.69, 9.17) is 49.0 Å². The van der Waals surface area contributed by atoms with E-state index in [1.165, 1.54) is 0 Å². The Bertz CT molecular complexity index is 4850. The first-order chi connectivity index (χ1) is 41.1. The molecule has 0 saturated heterocycles. The molecule has 10 aromatic rings. The van der Waals surface area contributed by atoms with Gasteiger partial charge in [0.05, 0.1) is 53.6 Å². The number of fused-ring (bicyclic) bond motifs is 10.